The number of rotatable bonds is 9. The lowest BCUT2D eigenvalue weighted by Crippen LogP contribution is -2.41. The molecule has 0 saturated carbocycles. The van der Waals surface area contributed by atoms with Crippen LogP contribution in [0.4, 0.5) is 28.8 Å². The molecule has 14 heteroatoms. The van der Waals surface area contributed by atoms with Crippen molar-refractivity contribution in [1.82, 2.24) is 14.9 Å². The van der Waals surface area contributed by atoms with Crippen LogP contribution < -0.4 is 16.0 Å². The van der Waals surface area contributed by atoms with Crippen molar-refractivity contribution in [2.75, 3.05) is 48.8 Å². The number of nitrogens with one attached hydrogen (secondary N) is 3. The largest absolute Gasteiger partial charge is 0.379 e. The first-order valence-electron chi connectivity index (χ1n) is 11.4. The van der Waals surface area contributed by atoms with Gasteiger partial charge in [0.2, 0.25) is 11.9 Å². The van der Waals surface area contributed by atoms with Gasteiger partial charge in [0.1, 0.15) is 9.23 Å². The van der Waals surface area contributed by atoms with Crippen LogP contribution in [0, 0.1) is 0 Å². The van der Waals surface area contributed by atoms with E-state index in [4.69, 9.17) is 27.9 Å². The van der Waals surface area contributed by atoms with Gasteiger partial charge in [0, 0.05) is 18.8 Å². The Morgan fingerprint density at radius 3 is 2.62 bits per heavy atom. The lowest BCUT2D eigenvalue weighted by Gasteiger charge is -2.25. The van der Waals surface area contributed by atoms with E-state index in [0.717, 1.165) is 11.3 Å². The molecule has 0 unspecified atom stereocenters. The number of halogens is 2. The van der Waals surface area contributed by atoms with Gasteiger partial charge in [-0.25, -0.2) is 13.4 Å². The number of hydrogen-bond donors (Lipinski definition) is 3. The second-order valence-corrected chi connectivity index (χ2v) is 12.9. The number of thiophene rings is 1. The number of sulfone groups is 1. The summed E-state index contributed by atoms with van der Waals surface area (Å²) in [4.78, 5) is 23.1. The lowest BCUT2D eigenvalue weighted by atomic mass is 10.2. The smallest absolute Gasteiger partial charge is 0.238 e. The van der Waals surface area contributed by atoms with Crippen molar-refractivity contribution >= 4 is 79.1 Å². The SMILES string of the molecule is CC(C)S(=O)(=O)c1sccc1Nc1nc(Nc2cc(NC(=O)CN3CCOCC3)ccc2Cl)ncc1Cl. The number of morpholine rings is 1. The Balaban J connectivity index is 1.49. The maximum Gasteiger partial charge on any atom is 0.238 e. The zero-order valence-electron chi connectivity index (χ0n) is 20.1. The van der Waals surface area contributed by atoms with Crippen molar-refractivity contribution in [3.63, 3.8) is 0 Å². The number of benzene rings is 1. The predicted molar refractivity (Wildman–Crippen MR) is 148 cm³/mol. The van der Waals surface area contributed by atoms with Gasteiger partial charge < -0.3 is 20.7 Å². The Morgan fingerprint density at radius 1 is 1.14 bits per heavy atom. The van der Waals surface area contributed by atoms with E-state index in [2.05, 4.69) is 25.9 Å². The Hall–Kier alpha value is -2.48. The molecule has 0 spiro atoms. The molecule has 1 aliphatic heterocycles. The second kappa shape index (κ2) is 11.9. The van der Waals surface area contributed by atoms with Crippen molar-refractivity contribution in [3.8, 4) is 0 Å². The quantitative estimate of drug-likeness (QED) is 0.325. The summed E-state index contributed by atoms with van der Waals surface area (Å²) in [5, 5.41) is 10.6. The maximum absolute atomic E-state index is 12.7. The summed E-state index contributed by atoms with van der Waals surface area (Å²) in [6.07, 6.45) is 1.39. The average molecular weight is 586 g/mol. The van der Waals surface area contributed by atoms with Crippen LogP contribution in [0.15, 0.2) is 40.1 Å². The number of hydrogen-bond acceptors (Lipinski definition) is 10. The number of carbonyl (C=O) groups excluding carboxylic acids is 1. The third-order valence-electron chi connectivity index (χ3n) is 5.47. The molecule has 0 aliphatic carbocycles. The standard InChI is InChI=1S/C23H26Cl2N6O4S2/c1-14(2)37(33,34)22-18(5-10-36-22)28-21-17(25)12-26-23(30-21)29-19-11-15(3-4-16(19)24)27-20(32)13-31-6-8-35-9-7-31/h3-5,10-12,14H,6-9,13H2,1-2H3,(H,27,32)(H2,26,28,29,30). The van der Waals surface area contributed by atoms with E-state index >= 15 is 0 Å². The van der Waals surface area contributed by atoms with Crippen LogP contribution in [-0.4, -0.2) is 67.3 Å². The molecule has 198 valence electrons. The maximum atomic E-state index is 12.7. The molecule has 10 nitrogen and oxygen atoms in total. The third-order valence-corrected chi connectivity index (χ3v) is 9.75. The summed E-state index contributed by atoms with van der Waals surface area (Å²) in [6, 6.07) is 6.69. The van der Waals surface area contributed by atoms with Crippen LogP contribution in [0.1, 0.15) is 13.8 Å². The summed E-state index contributed by atoms with van der Waals surface area (Å²) in [7, 11) is -3.49. The van der Waals surface area contributed by atoms with E-state index in [9.17, 15) is 13.2 Å². The third kappa shape index (κ3) is 6.89. The van der Waals surface area contributed by atoms with E-state index in [-0.39, 0.29) is 33.4 Å². The molecule has 1 saturated heterocycles. The highest BCUT2D eigenvalue weighted by Crippen LogP contribution is 2.35. The minimum absolute atomic E-state index is 0.146. The molecule has 3 N–H and O–H groups in total. The Kier molecular flexibility index (Phi) is 8.88. The molecular weight excluding hydrogens is 559 g/mol. The summed E-state index contributed by atoms with van der Waals surface area (Å²) in [6.45, 7) is 6.16. The molecule has 1 amide bonds. The summed E-state index contributed by atoms with van der Waals surface area (Å²) in [5.74, 6) is 0.255. The molecule has 1 aliphatic rings. The fourth-order valence-corrected chi connectivity index (χ4v) is 6.46. The monoisotopic (exact) mass is 584 g/mol. The minimum Gasteiger partial charge on any atom is -0.379 e. The zero-order valence-corrected chi connectivity index (χ0v) is 23.3. The van der Waals surface area contributed by atoms with Crippen LogP contribution in [0.25, 0.3) is 0 Å². The highest BCUT2D eigenvalue weighted by Gasteiger charge is 2.25. The van der Waals surface area contributed by atoms with Gasteiger partial charge in [0.25, 0.3) is 0 Å². The first-order valence-corrected chi connectivity index (χ1v) is 14.6. The molecule has 3 heterocycles. The molecule has 3 aromatic rings. The molecule has 4 rings (SSSR count). The highest BCUT2D eigenvalue weighted by molar-refractivity contribution is 7.94. The van der Waals surface area contributed by atoms with Gasteiger partial charge >= 0.3 is 0 Å². The van der Waals surface area contributed by atoms with Gasteiger partial charge in [-0.15, -0.1) is 11.3 Å². The first kappa shape index (κ1) is 27.6. The van der Waals surface area contributed by atoms with Crippen molar-refractivity contribution in [1.29, 1.82) is 0 Å². The van der Waals surface area contributed by atoms with Gasteiger partial charge in [0.05, 0.1) is 47.6 Å². The molecule has 37 heavy (non-hydrogen) atoms. The topological polar surface area (TPSA) is 126 Å². The van der Waals surface area contributed by atoms with Gasteiger partial charge in [-0.05, 0) is 43.5 Å². The fourth-order valence-electron chi connectivity index (χ4n) is 3.45. The molecular formula is C23H26Cl2N6O4S2. The Morgan fingerprint density at radius 2 is 1.89 bits per heavy atom. The zero-order chi connectivity index (χ0) is 26.6. The Bertz CT molecular complexity index is 1380. The molecule has 0 atom stereocenters. The first-order chi connectivity index (χ1) is 17.6. The Labute approximate surface area is 229 Å². The van der Waals surface area contributed by atoms with Crippen molar-refractivity contribution < 1.29 is 17.9 Å². The van der Waals surface area contributed by atoms with E-state index in [1.807, 2.05) is 4.90 Å². The number of carbonyl (C=O) groups is 1. The summed E-state index contributed by atoms with van der Waals surface area (Å²) < 4.78 is 30.9. The number of anilines is 5. The van der Waals surface area contributed by atoms with E-state index in [0.29, 0.717) is 48.4 Å². The van der Waals surface area contributed by atoms with Crippen LogP contribution in [0.5, 0.6) is 0 Å². The number of amides is 1. The highest BCUT2D eigenvalue weighted by atomic mass is 35.5. The molecule has 1 aromatic carbocycles. The molecule has 1 fully saturated rings. The number of ether oxygens (including phenoxy) is 1. The summed E-state index contributed by atoms with van der Waals surface area (Å²) >= 11 is 13.8. The van der Waals surface area contributed by atoms with Crippen LogP contribution in [0.3, 0.4) is 0 Å². The van der Waals surface area contributed by atoms with Gasteiger partial charge in [-0.2, -0.15) is 4.98 Å². The second-order valence-electron chi connectivity index (χ2n) is 8.49. The van der Waals surface area contributed by atoms with E-state index in [1.54, 1.807) is 43.5 Å². The van der Waals surface area contributed by atoms with Crippen LogP contribution >= 0.6 is 34.5 Å². The van der Waals surface area contributed by atoms with E-state index < -0.39 is 15.1 Å². The summed E-state index contributed by atoms with van der Waals surface area (Å²) in [5.41, 5.74) is 1.41. The van der Waals surface area contributed by atoms with Crippen LogP contribution in [0.2, 0.25) is 10.0 Å². The minimum atomic E-state index is -3.49. The number of nitrogens with zero attached hydrogens (tertiary/aromatic N) is 3. The fraction of sp³-hybridized carbons (Fsp3) is 0.348. The number of aromatic nitrogens is 2. The van der Waals surface area contributed by atoms with Crippen LogP contribution in [-0.2, 0) is 19.4 Å². The van der Waals surface area contributed by atoms with Crippen molar-refractivity contribution in [2.45, 2.75) is 23.3 Å². The molecule has 0 bridgehead atoms. The predicted octanol–water partition coefficient (Wildman–Crippen LogP) is 4.78. The van der Waals surface area contributed by atoms with Gasteiger partial charge in [0.15, 0.2) is 15.7 Å². The van der Waals surface area contributed by atoms with E-state index in [1.165, 1.54) is 6.20 Å². The van der Waals surface area contributed by atoms with Crippen molar-refractivity contribution in [3.05, 3.63) is 45.9 Å². The molecule has 0 radical (unpaired) electrons. The van der Waals surface area contributed by atoms with Gasteiger partial charge in [-0.3, -0.25) is 9.69 Å². The average Bonchev–Trinajstić information content (AvgIpc) is 3.33. The van der Waals surface area contributed by atoms with Crippen molar-refractivity contribution in [2.24, 2.45) is 0 Å². The molecule has 2 aromatic heterocycles. The van der Waals surface area contributed by atoms with Gasteiger partial charge in [-0.1, -0.05) is 23.2 Å². The lowest BCUT2D eigenvalue weighted by molar-refractivity contribution is -0.118. The normalized spacial score (nSPS) is 14.5.